The van der Waals surface area contributed by atoms with Gasteiger partial charge >= 0.3 is 0 Å². The highest BCUT2D eigenvalue weighted by molar-refractivity contribution is 5.94. The number of carbonyl (C=O) groups excluding carboxylic acids is 1. The number of likely N-dealkylation sites (N-methyl/N-ethyl adjacent to an activating group) is 1. The van der Waals surface area contributed by atoms with Crippen molar-refractivity contribution in [3.8, 4) is 23.0 Å². The lowest BCUT2D eigenvalue weighted by atomic mass is 10.1. The quantitative estimate of drug-likeness (QED) is 0.448. The Hall–Kier alpha value is -3.74. The Morgan fingerprint density at radius 1 is 0.906 bits per heavy atom. The van der Waals surface area contributed by atoms with Crippen molar-refractivity contribution < 1.29 is 23.7 Å². The number of rotatable bonds is 11. The van der Waals surface area contributed by atoms with E-state index in [0.29, 0.717) is 54.9 Å². The van der Waals surface area contributed by atoms with Crippen LogP contribution in [0.15, 0.2) is 67.0 Å². The normalized spacial score (nSPS) is 10.3. The zero-order valence-electron chi connectivity index (χ0n) is 18.6. The molecule has 0 unspecified atom stereocenters. The second kappa shape index (κ2) is 11.6. The maximum Gasteiger partial charge on any atom is 0.253 e. The first-order valence-electron chi connectivity index (χ1n) is 10.4. The van der Waals surface area contributed by atoms with Crippen LogP contribution >= 0.6 is 0 Å². The molecule has 168 valence electrons. The zero-order valence-corrected chi connectivity index (χ0v) is 18.6. The largest absolute Gasteiger partial charge is 0.493 e. The first kappa shape index (κ1) is 22.9. The van der Waals surface area contributed by atoms with E-state index in [2.05, 4.69) is 4.98 Å². The van der Waals surface area contributed by atoms with Crippen LogP contribution in [0.4, 0.5) is 0 Å². The van der Waals surface area contributed by atoms with Gasteiger partial charge in [0.05, 0.1) is 20.3 Å². The summed E-state index contributed by atoms with van der Waals surface area (Å²) in [5, 5.41) is 0. The molecule has 0 aliphatic rings. The van der Waals surface area contributed by atoms with Crippen molar-refractivity contribution >= 4 is 5.91 Å². The van der Waals surface area contributed by atoms with E-state index in [1.807, 2.05) is 43.3 Å². The fourth-order valence-electron chi connectivity index (χ4n) is 3.02. The van der Waals surface area contributed by atoms with Gasteiger partial charge in [0.25, 0.3) is 5.91 Å². The van der Waals surface area contributed by atoms with E-state index in [1.54, 1.807) is 49.7 Å². The maximum atomic E-state index is 12.9. The molecule has 0 radical (unpaired) electrons. The van der Waals surface area contributed by atoms with Crippen molar-refractivity contribution in [1.29, 1.82) is 0 Å². The molecule has 0 bridgehead atoms. The van der Waals surface area contributed by atoms with Crippen LogP contribution in [0.3, 0.4) is 0 Å². The van der Waals surface area contributed by atoms with Gasteiger partial charge in [-0.15, -0.1) is 0 Å². The van der Waals surface area contributed by atoms with Gasteiger partial charge in [0, 0.05) is 25.0 Å². The molecule has 1 aromatic heterocycles. The minimum absolute atomic E-state index is 0.129. The molecule has 0 atom stereocenters. The van der Waals surface area contributed by atoms with E-state index in [-0.39, 0.29) is 5.91 Å². The van der Waals surface area contributed by atoms with Crippen molar-refractivity contribution in [2.45, 2.75) is 13.5 Å². The van der Waals surface area contributed by atoms with Gasteiger partial charge in [0.15, 0.2) is 23.0 Å². The molecular formula is C25H28N2O5. The van der Waals surface area contributed by atoms with Crippen molar-refractivity contribution in [2.75, 3.05) is 33.9 Å². The lowest BCUT2D eigenvalue weighted by Gasteiger charge is -2.19. The standard InChI is InChI=1S/C25H28N2O5/c1-4-30-24-17-20(9-10-23(24)32-18-19-11-13-26-14-12-19)25(28)27(2)15-16-31-22-8-6-5-7-21(22)29-3/h5-14,17H,4,15-16,18H2,1-3H3. The summed E-state index contributed by atoms with van der Waals surface area (Å²) in [5.41, 5.74) is 1.52. The lowest BCUT2D eigenvalue weighted by Crippen LogP contribution is -2.30. The van der Waals surface area contributed by atoms with Crippen LogP contribution in [-0.4, -0.2) is 49.7 Å². The highest BCUT2D eigenvalue weighted by atomic mass is 16.5. The van der Waals surface area contributed by atoms with Crippen molar-refractivity contribution in [3.05, 3.63) is 78.1 Å². The summed E-state index contributed by atoms with van der Waals surface area (Å²) in [4.78, 5) is 18.5. The number of methoxy groups -OCH3 is 1. The first-order chi connectivity index (χ1) is 15.6. The highest BCUT2D eigenvalue weighted by Crippen LogP contribution is 2.30. The number of ether oxygens (including phenoxy) is 4. The number of hydrogen-bond donors (Lipinski definition) is 0. The Bertz CT molecular complexity index is 1010. The molecule has 1 amide bonds. The Kier molecular flexibility index (Phi) is 8.31. The monoisotopic (exact) mass is 436 g/mol. The number of para-hydroxylation sites is 2. The Balaban J connectivity index is 1.61. The van der Waals surface area contributed by atoms with Gasteiger partial charge in [-0.3, -0.25) is 9.78 Å². The summed E-state index contributed by atoms with van der Waals surface area (Å²) in [5.74, 6) is 2.29. The van der Waals surface area contributed by atoms with Crippen LogP contribution in [0.2, 0.25) is 0 Å². The molecule has 0 N–H and O–H groups in total. The van der Waals surface area contributed by atoms with Crippen LogP contribution in [0.5, 0.6) is 23.0 Å². The Morgan fingerprint density at radius 3 is 2.34 bits per heavy atom. The molecule has 3 aromatic rings. The molecule has 32 heavy (non-hydrogen) atoms. The van der Waals surface area contributed by atoms with Crippen molar-refractivity contribution in [3.63, 3.8) is 0 Å². The van der Waals surface area contributed by atoms with Gasteiger partial charge in [-0.25, -0.2) is 0 Å². The average Bonchev–Trinajstić information content (AvgIpc) is 2.83. The lowest BCUT2D eigenvalue weighted by molar-refractivity contribution is 0.0772. The predicted molar refractivity (Wildman–Crippen MR) is 122 cm³/mol. The minimum Gasteiger partial charge on any atom is -0.493 e. The third-order valence-corrected chi connectivity index (χ3v) is 4.73. The first-order valence-corrected chi connectivity index (χ1v) is 10.4. The topological polar surface area (TPSA) is 70.1 Å². The van der Waals surface area contributed by atoms with Crippen molar-refractivity contribution in [2.24, 2.45) is 0 Å². The van der Waals surface area contributed by atoms with Crippen LogP contribution < -0.4 is 18.9 Å². The summed E-state index contributed by atoms with van der Waals surface area (Å²) >= 11 is 0. The number of benzene rings is 2. The van der Waals surface area contributed by atoms with Gasteiger partial charge in [0.1, 0.15) is 13.2 Å². The average molecular weight is 437 g/mol. The SMILES string of the molecule is CCOc1cc(C(=O)N(C)CCOc2ccccc2OC)ccc1OCc1ccncc1. The molecule has 0 aliphatic carbocycles. The molecule has 2 aromatic carbocycles. The summed E-state index contributed by atoms with van der Waals surface area (Å²) in [6.45, 7) is 3.50. The Labute approximate surface area is 188 Å². The smallest absolute Gasteiger partial charge is 0.253 e. The number of pyridine rings is 1. The van der Waals surface area contributed by atoms with Gasteiger partial charge in [-0.1, -0.05) is 12.1 Å². The van der Waals surface area contributed by atoms with Gasteiger partial charge in [-0.2, -0.15) is 0 Å². The number of hydrogen-bond acceptors (Lipinski definition) is 6. The molecule has 0 spiro atoms. The summed E-state index contributed by atoms with van der Waals surface area (Å²) in [6, 6.07) is 16.4. The number of amides is 1. The molecule has 0 aliphatic heterocycles. The van der Waals surface area contributed by atoms with Crippen LogP contribution in [0.1, 0.15) is 22.8 Å². The fraction of sp³-hybridized carbons (Fsp3) is 0.280. The van der Waals surface area contributed by atoms with Crippen molar-refractivity contribution in [1.82, 2.24) is 9.88 Å². The van der Waals surface area contributed by atoms with Crippen LogP contribution in [-0.2, 0) is 6.61 Å². The summed E-state index contributed by atoms with van der Waals surface area (Å²) in [7, 11) is 3.33. The van der Waals surface area contributed by atoms with E-state index in [0.717, 1.165) is 5.56 Å². The minimum atomic E-state index is -0.129. The van der Waals surface area contributed by atoms with Crippen LogP contribution in [0.25, 0.3) is 0 Å². The molecule has 0 fully saturated rings. The second-order valence-electron chi connectivity index (χ2n) is 6.96. The predicted octanol–water partition coefficient (Wildman–Crippen LogP) is 4.22. The second-order valence-corrected chi connectivity index (χ2v) is 6.96. The molecular weight excluding hydrogens is 408 g/mol. The molecule has 7 nitrogen and oxygen atoms in total. The maximum absolute atomic E-state index is 12.9. The highest BCUT2D eigenvalue weighted by Gasteiger charge is 2.16. The molecule has 0 saturated heterocycles. The van der Waals surface area contributed by atoms with E-state index in [1.165, 1.54) is 0 Å². The number of nitrogens with zero attached hydrogens (tertiary/aromatic N) is 2. The van der Waals surface area contributed by atoms with E-state index < -0.39 is 0 Å². The number of carbonyl (C=O) groups is 1. The molecule has 3 rings (SSSR count). The third-order valence-electron chi connectivity index (χ3n) is 4.73. The molecule has 0 saturated carbocycles. The van der Waals surface area contributed by atoms with E-state index in [9.17, 15) is 4.79 Å². The Morgan fingerprint density at radius 2 is 1.62 bits per heavy atom. The van der Waals surface area contributed by atoms with E-state index >= 15 is 0 Å². The molecule has 1 heterocycles. The zero-order chi connectivity index (χ0) is 22.8. The van der Waals surface area contributed by atoms with Crippen LogP contribution in [0, 0.1) is 0 Å². The van der Waals surface area contributed by atoms with Gasteiger partial charge in [0.2, 0.25) is 0 Å². The van der Waals surface area contributed by atoms with E-state index in [4.69, 9.17) is 18.9 Å². The van der Waals surface area contributed by atoms with Gasteiger partial charge < -0.3 is 23.8 Å². The number of aromatic nitrogens is 1. The summed E-state index contributed by atoms with van der Waals surface area (Å²) < 4.78 is 22.7. The third kappa shape index (κ3) is 6.14. The summed E-state index contributed by atoms with van der Waals surface area (Å²) in [6.07, 6.45) is 3.44. The van der Waals surface area contributed by atoms with Gasteiger partial charge in [-0.05, 0) is 55.0 Å². The molecule has 7 heteroatoms. The fourth-order valence-corrected chi connectivity index (χ4v) is 3.02.